The van der Waals surface area contributed by atoms with Gasteiger partial charge in [-0.3, -0.25) is 20.2 Å². The van der Waals surface area contributed by atoms with Crippen molar-refractivity contribution in [1.82, 2.24) is 0 Å². The minimum absolute atomic E-state index is 0.0471. The highest BCUT2D eigenvalue weighted by Crippen LogP contribution is 2.29. The van der Waals surface area contributed by atoms with Gasteiger partial charge in [0, 0.05) is 11.8 Å². The molecular weight excluding hydrogens is 191 g/mol. The van der Waals surface area contributed by atoms with Crippen LogP contribution in [0.5, 0.6) is 0 Å². The van der Waals surface area contributed by atoms with Crippen LogP contribution in [-0.2, 0) is 0 Å². The molecule has 0 aliphatic rings. The summed E-state index contributed by atoms with van der Waals surface area (Å²) in [7, 11) is 0. The number of nitro benzene ring substituents is 2. The summed E-state index contributed by atoms with van der Waals surface area (Å²) in [5.41, 5.74) is 4.96. The number of anilines is 1. The summed E-state index contributed by atoms with van der Waals surface area (Å²) in [6.45, 7) is 1.44. The highest BCUT2D eigenvalue weighted by Gasteiger charge is 2.19. The van der Waals surface area contributed by atoms with Crippen molar-refractivity contribution >= 4 is 17.1 Å². The number of hydrogen-bond donors (Lipinski definition) is 1. The third-order valence-electron chi connectivity index (χ3n) is 1.81. The fourth-order valence-electron chi connectivity index (χ4n) is 1.00. The Hall–Kier alpha value is -2.18. The van der Waals surface area contributed by atoms with Crippen LogP contribution >= 0.6 is 0 Å². The zero-order valence-electron chi connectivity index (χ0n) is 7.26. The van der Waals surface area contributed by atoms with E-state index in [0.717, 1.165) is 12.1 Å². The Labute approximate surface area is 78.4 Å². The van der Waals surface area contributed by atoms with Gasteiger partial charge in [0.05, 0.1) is 21.5 Å². The van der Waals surface area contributed by atoms with E-state index in [1.807, 2.05) is 0 Å². The van der Waals surface area contributed by atoms with E-state index in [0.29, 0.717) is 0 Å². The first-order valence-electron chi connectivity index (χ1n) is 3.62. The maximum absolute atomic E-state index is 10.5. The maximum Gasteiger partial charge on any atom is 0.281 e. The van der Waals surface area contributed by atoms with Crippen molar-refractivity contribution in [1.29, 1.82) is 0 Å². The topological polar surface area (TPSA) is 112 Å². The standard InChI is InChI=1S/C7H7N3O4/c1-4-6(8)2-5(9(11)12)3-7(4)10(13)14/h2-3H,8H2,1H3/i8+1. The van der Waals surface area contributed by atoms with E-state index in [1.165, 1.54) is 6.92 Å². The fourth-order valence-corrected chi connectivity index (χ4v) is 1.00. The Kier molecular flexibility index (Phi) is 2.32. The number of hydrogen-bond acceptors (Lipinski definition) is 5. The van der Waals surface area contributed by atoms with Gasteiger partial charge in [-0.05, 0) is 6.92 Å². The van der Waals surface area contributed by atoms with E-state index < -0.39 is 9.85 Å². The van der Waals surface area contributed by atoms with E-state index in [2.05, 4.69) is 0 Å². The minimum Gasteiger partial charge on any atom is -0.398 e. The summed E-state index contributed by atoms with van der Waals surface area (Å²) in [5.74, 6) is 0. The fraction of sp³-hybridized carbons (Fsp3) is 0.143. The van der Waals surface area contributed by atoms with Gasteiger partial charge in [0.15, 0.2) is 0 Å². The summed E-state index contributed by atoms with van der Waals surface area (Å²) in [6.07, 6.45) is 0. The van der Waals surface area contributed by atoms with Crippen LogP contribution in [0.15, 0.2) is 12.1 Å². The summed E-state index contributed by atoms with van der Waals surface area (Å²) in [4.78, 5) is 19.4. The van der Waals surface area contributed by atoms with Crippen LogP contribution < -0.4 is 5.73 Å². The van der Waals surface area contributed by atoms with Crippen LogP contribution in [0.1, 0.15) is 5.56 Å². The third kappa shape index (κ3) is 1.60. The number of rotatable bonds is 2. The number of non-ortho nitro benzene ring substituents is 1. The van der Waals surface area contributed by atoms with Gasteiger partial charge < -0.3 is 5.73 Å². The van der Waals surface area contributed by atoms with Gasteiger partial charge in [0.25, 0.3) is 11.4 Å². The van der Waals surface area contributed by atoms with Gasteiger partial charge in [0.2, 0.25) is 0 Å². The quantitative estimate of drug-likeness (QED) is 0.334. The molecule has 0 bridgehead atoms. The van der Waals surface area contributed by atoms with Crippen LogP contribution in [0.2, 0.25) is 0 Å². The Bertz CT molecular complexity index is 416. The average Bonchev–Trinajstić information content (AvgIpc) is 2.08. The minimum atomic E-state index is -0.719. The summed E-state index contributed by atoms with van der Waals surface area (Å²) >= 11 is 0. The highest BCUT2D eigenvalue weighted by molar-refractivity contribution is 5.63. The van der Waals surface area contributed by atoms with Gasteiger partial charge in [-0.25, -0.2) is 0 Å². The lowest BCUT2D eigenvalue weighted by Crippen LogP contribution is -1.99. The molecule has 0 amide bonds. The van der Waals surface area contributed by atoms with Gasteiger partial charge in [0.1, 0.15) is 0 Å². The molecule has 1 aromatic rings. The van der Waals surface area contributed by atoms with Crippen LogP contribution in [0, 0.1) is 27.2 Å². The van der Waals surface area contributed by atoms with E-state index >= 15 is 0 Å². The van der Waals surface area contributed by atoms with Crippen molar-refractivity contribution in [3.05, 3.63) is 37.9 Å². The number of nitrogen functional groups attached to an aromatic ring is 1. The number of nitrogens with zero attached hydrogens (tertiary/aromatic N) is 2. The number of nitrogens with two attached hydrogens (primary N) is 1. The van der Waals surface area contributed by atoms with Crippen molar-refractivity contribution < 1.29 is 9.85 Å². The molecule has 0 aliphatic carbocycles. The highest BCUT2D eigenvalue weighted by atomic mass is 16.6. The summed E-state index contributed by atoms with van der Waals surface area (Å²) in [5, 5.41) is 20.8. The smallest absolute Gasteiger partial charge is 0.281 e. The molecule has 1 aromatic carbocycles. The average molecular weight is 198 g/mol. The van der Waals surface area contributed by atoms with Gasteiger partial charge in [-0.2, -0.15) is 0 Å². The van der Waals surface area contributed by atoms with Gasteiger partial charge >= 0.3 is 0 Å². The largest absolute Gasteiger partial charge is 0.398 e. The molecule has 0 unspecified atom stereocenters. The van der Waals surface area contributed by atoms with Crippen molar-refractivity contribution in [3.8, 4) is 0 Å². The Morgan fingerprint density at radius 2 is 1.79 bits per heavy atom. The molecule has 14 heavy (non-hydrogen) atoms. The molecule has 0 fully saturated rings. The molecule has 7 nitrogen and oxygen atoms in total. The van der Waals surface area contributed by atoms with E-state index in [9.17, 15) is 20.2 Å². The monoisotopic (exact) mass is 198 g/mol. The van der Waals surface area contributed by atoms with Crippen molar-refractivity contribution in [2.24, 2.45) is 0 Å². The van der Waals surface area contributed by atoms with Crippen LogP contribution in [0.4, 0.5) is 17.1 Å². The zero-order valence-corrected chi connectivity index (χ0v) is 7.26. The van der Waals surface area contributed by atoms with E-state index in [-0.39, 0.29) is 22.6 Å². The third-order valence-corrected chi connectivity index (χ3v) is 1.81. The van der Waals surface area contributed by atoms with Gasteiger partial charge in [-0.1, -0.05) is 0 Å². The molecule has 0 spiro atoms. The van der Waals surface area contributed by atoms with Crippen LogP contribution in [-0.4, -0.2) is 9.85 Å². The number of benzene rings is 1. The Morgan fingerprint density at radius 1 is 1.21 bits per heavy atom. The van der Waals surface area contributed by atoms with Crippen molar-refractivity contribution in [2.75, 3.05) is 5.73 Å². The summed E-state index contributed by atoms with van der Waals surface area (Å²) < 4.78 is 0. The molecule has 0 saturated carbocycles. The van der Waals surface area contributed by atoms with Crippen molar-refractivity contribution in [3.63, 3.8) is 0 Å². The first kappa shape index (κ1) is 9.90. The first-order chi connectivity index (χ1) is 6.43. The van der Waals surface area contributed by atoms with Crippen LogP contribution in [0.25, 0.3) is 0 Å². The molecule has 0 saturated heterocycles. The molecule has 0 atom stereocenters. The summed E-state index contributed by atoms with van der Waals surface area (Å²) in [6, 6.07) is 1.99. The second-order valence-electron chi connectivity index (χ2n) is 2.69. The second-order valence-corrected chi connectivity index (χ2v) is 2.69. The molecule has 0 radical (unpaired) electrons. The number of nitro groups is 2. The van der Waals surface area contributed by atoms with Crippen molar-refractivity contribution in [2.45, 2.75) is 6.92 Å². The van der Waals surface area contributed by atoms with Crippen LogP contribution in [0.3, 0.4) is 0 Å². The molecule has 2 N–H and O–H groups in total. The molecule has 7 heteroatoms. The van der Waals surface area contributed by atoms with E-state index in [4.69, 9.17) is 5.73 Å². The molecule has 0 aliphatic heterocycles. The first-order valence-corrected chi connectivity index (χ1v) is 3.62. The Balaban J connectivity index is 3.43. The predicted molar refractivity (Wildman–Crippen MR) is 48.9 cm³/mol. The molecule has 74 valence electrons. The maximum atomic E-state index is 10.5. The lowest BCUT2D eigenvalue weighted by atomic mass is 10.1. The lowest BCUT2D eigenvalue weighted by molar-refractivity contribution is -0.394. The van der Waals surface area contributed by atoms with Gasteiger partial charge in [-0.15, -0.1) is 0 Å². The molecule has 1 rings (SSSR count). The molecular formula is C7H7N3O4. The SMILES string of the molecule is Cc1c([15NH2])cc([N+](=O)[O-])cc1[N+](=O)[O-]. The second kappa shape index (κ2) is 3.29. The normalized spacial score (nSPS) is 9.79. The molecule has 0 aromatic heterocycles. The lowest BCUT2D eigenvalue weighted by Gasteiger charge is -2.00. The zero-order chi connectivity index (χ0) is 10.9. The Morgan fingerprint density at radius 3 is 2.21 bits per heavy atom. The van der Waals surface area contributed by atoms with E-state index in [1.54, 1.807) is 0 Å². The molecule has 0 heterocycles. The predicted octanol–water partition coefficient (Wildman–Crippen LogP) is 1.39.